The number of nitrogens with zero attached hydrogens (tertiary/aromatic N) is 3. The fourth-order valence-electron chi connectivity index (χ4n) is 1.92. The molecule has 9 heteroatoms. The van der Waals surface area contributed by atoms with Crippen molar-refractivity contribution in [1.29, 1.82) is 0 Å². The molecule has 0 aliphatic rings. The maximum absolute atomic E-state index is 11.9. The van der Waals surface area contributed by atoms with Crippen LogP contribution in [0, 0.1) is 13.8 Å². The molecule has 1 amide bonds. The predicted molar refractivity (Wildman–Crippen MR) is 100 cm³/mol. The molecule has 0 radical (unpaired) electrons. The van der Waals surface area contributed by atoms with Gasteiger partial charge in [-0.2, -0.15) is 5.10 Å². The third-order valence-corrected chi connectivity index (χ3v) is 4.52. The molecule has 7 nitrogen and oxygen atoms in total. The molecule has 0 spiro atoms. The summed E-state index contributed by atoms with van der Waals surface area (Å²) in [7, 11) is 1.46. The summed E-state index contributed by atoms with van der Waals surface area (Å²) in [5, 5.41) is 14.1. The highest BCUT2D eigenvalue weighted by Gasteiger charge is 2.08. The number of hydrogen-bond acceptors (Lipinski definition) is 7. The quantitative estimate of drug-likeness (QED) is 0.320. The van der Waals surface area contributed by atoms with Crippen LogP contribution in [-0.2, 0) is 4.79 Å². The molecule has 2 rings (SSSR count). The average Bonchev–Trinajstić information content (AvgIpc) is 2.54. The largest absolute Gasteiger partial charge is 0.504 e. The van der Waals surface area contributed by atoms with E-state index in [1.807, 2.05) is 19.9 Å². The molecule has 0 atom stereocenters. The van der Waals surface area contributed by atoms with Crippen molar-refractivity contribution in [3.63, 3.8) is 0 Å². The highest BCUT2D eigenvalue weighted by Crippen LogP contribution is 2.31. The predicted octanol–water partition coefficient (Wildman–Crippen LogP) is 2.81. The number of nitrogens with one attached hydrogen (secondary N) is 1. The number of hydrogen-bond donors (Lipinski definition) is 2. The number of aromatic hydroxyl groups is 1. The number of benzene rings is 1. The molecule has 0 aliphatic carbocycles. The van der Waals surface area contributed by atoms with Gasteiger partial charge in [-0.15, -0.1) is 0 Å². The number of halogens is 1. The lowest BCUT2D eigenvalue weighted by Crippen LogP contribution is -2.19. The van der Waals surface area contributed by atoms with Crippen molar-refractivity contribution >= 4 is 39.8 Å². The van der Waals surface area contributed by atoms with Gasteiger partial charge in [0.05, 0.1) is 19.1 Å². The van der Waals surface area contributed by atoms with Crippen LogP contribution in [0.2, 0.25) is 0 Å². The number of hydrazone groups is 1. The lowest BCUT2D eigenvalue weighted by Gasteiger charge is -2.06. The van der Waals surface area contributed by atoms with E-state index in [2.05, 4.69) is 36.4 Å². The number of phenols is 1. The summed E-state index contributed by atoms with van der Waals surface area (Å²) < 4.78 is 5.66. The van der Waals surface area contributed by atoms with Gasteiger partial charge in [0.15, 0.2) is 16.7 Å². The van der Waals surface area contributed by atoms with Crippen LogP contribution < -0.4 is 10.2 Å². The Bertz CT molecular complexity index is 794. The van der Waals surface area contributed by atoms with Crippen LogP contribution >= 0.6 is 27.7 Å². The lowest BCUT2D eigenvalue weighted by atomic mass is 10.2. The first-order valence-corrected chi connectivity index (χ1v) is 9.00. The minimum Gasteiger partial charge on any atom is -0.504 e. The molecule has 1 aromatic carbocycles. The molecule has 1 heterocycles. The fraction of sp³-hybridized carbons (Fsp3) is 0.250. The summed E-state index contributed by atoms with van der Waals surface area (Å²) in [5.41, 5.74) is 4.81. The highest BCUT2D eigenvalue weighted by atomic mass is 79.9. The van der Waals surface area contributed by atoms with Crippen LogP contribution in [0.5, 0.6) is 11.5 Å². The van der Waals surface area contributed by atoms with E-state index in [1.54, 1.807) is 6.07 Å². The summed E-state index contributed by atoms with van der Waals surface area (Å²) in [6.07, 6.45) is 1.46. The van der Waals surface area contributed by atoms with Crippen molar-refractivity contribution in [1.82, 2.24) is 15.4 Å². The first kappa shape index (κ1) is 19.2. The van der Waals surface area contributed by atoms with Gasteiger partial charge in [-0.25, -0.2) is 15.4 Å². The molecule has 0 fully saturated rings. The number of aromatic nitrogens is 2. The summed E-state index contributed by atoms with van der Waals surface area (Å²) in [6.45, 7) is 3.76. The number of rotatable bonds is 6. The van der Waals surface area contributed by atoms with Crippen molar-refractivity contribution < 1.29 is 14.6 Å². The van der Waals surface area contributed by atoms with E-state index in [-0.39, 0.29) is 17.4 Å². The Balaban J connectivity index is 1.92. The summed E-state index contributed by atoms with van der Waals surface area (Å²) in [4.78, 5) is 20.4. The SMILES string of the molecule is COc1cc(/C=N\NC(=O)CSc2nc(C)cc(C)n2)c(Br)cc1O. The third kappa shape index (κ3) is 5.71. The topological polar surface area (TPSA) is 96.7 Å². The highest BCUT2D eigenvalue weighted by molar-refractivity contribution is 9.10. The van der Waals surface area contributed by atoms with Crippen LogP contribution in [0.1, 0.15) is 17.0 Å². The van der Waals surface area contributed by atoms with Crippen LogP contribution in [0.25, 0.3) is 0 Å². The van der Waals surface area contributed by atoms with E-state index in [0.29, 0.717) is 20.9 Å². The molecular weight excluding hydrogens is 408 g/mol. The molecule has 25 heavy (non-hydrogen) atoms. The van der Waals surface area contributed by atoms with Crippen molar-refractivity contribution in [2.45, 2.75) is 19.0 Å². The molecule has 0 aliphatic heterocycles. The van der Waals surface area contributed by atoms with Gasteiger partial charge < -0.3 is 9.84 Å². The van der Waals surface area contributed by atoms with Crippen molar-refractivity contribution in [3.8, 4) is 11.5 Å². The van der Waals surface area contributed by atoms with Gasteiger partial charge in [-0.05, 0) is 48.0 Å². The molecule has 132 valence electrons. The van der Waals surface area contributed by atoms with E-state index in [4.69, 9.17) is 4.74 Å². The number of aryl methyl sites for hydroxylation is 2. The maximum atomic E-state index is 11.9. The molecule has 2 aromatic rings. The Kier molecular flexibility index (Phi) is 6.77. The number of methoxy groups -OCH3 is 1. The maximum Gasteiger partial charge on any atom is 0.250 e. The first-order valence-electron chi connectivity index (χ1n) is 7.22. The zero-order chi connectivity index (χ0) is 18.4. The minimum absolute atomic E-state index is 0.0143. The molecule has 2 N–H and O–H groups in total. The number of thioether (sulfide) groups is 1. The smallest absolute Gasteiger partial charge is 0.250 e. The van der Waals surface area contributed by atoms with E-state index in [0.717, 1.165) is 11.4 Å². The van der Waals surface area contributed by atoms with Crippen LogP contribution in [0.15, 0.2) is 32.9 Å². The van der Waals surface area contributed by atoms with Gasteiger partial charge in [0.25, 0.3) is 5.91 Å². The second kappa shape index (κ2) is 8.82. The summed E-state index contributed by atoms with van der Waals surface area (Å²) in [6, 6.07) is 4.97. The van der Waals surface area contributed by atoms with Crippen molar-refractivity contribution in [2.24, 2.45) is 5.10 Å². The Labute approximate surface area is 158 Å². The minimum atomic E-state index is -0.272. The molecular formula is C16H17BrN4O3S. The zero-order valence-electron chi connectivity index (χ0n) is 13.9. The fourth-order valence-corrected chi connectivity index (χ4v) is 3.09. The van der Waals surface area contributed by atoms with Gasteiger partial charge in [-0.1, -0.05) is 11.8 Å². The van der Waals surface area contributed by atoms with Crippen molar-refractivity contribution in [3.05, 3.63) is 39.6 Å². The van der Waals surface area contributed by atoms with E-state index >= 15 is 0 Å². The molecule has 1 aromatic heterocycles. The number of carbonyl (C=O) groups is 1. The van der Waals surface area contributed by atoms with Crippen LogP contribution in [0.3, 0.4) is 0 Å². The first-order chi connectivity index (χ1) is 11.9. The van der Waals surface area contributed by atoms with Gasteiger partial charge >= 0.3 is 0 Å². The third-order valence-electron chi connectivity index (χ3n) is 2.99. The number of carbonyl (C=O) groups excluding carboxylic acids is 1. The van der Waals surface area contributed by atoms with Crippen LogP contribution in [0.4, 0.5) is 0 Å². The van der Waals surface area contributed by atoms with Crippen molar-refractivity contribution in [2.75, 3.05) is 12.9 Å². The van der Waals surface area contributed by atoms with Gasteiger partial charge in [0.1, 0.15) is 0 Å². The van der Waals surface area contributed by atoms with Crippen LogP contribution in [-0.4, -0.2) is 40.1 Å². The molecule has 0 unspecified atom stereocenters. The average molecular weight is 425 g/mol. The summed E-state index contributed by atoms with van der Waals surface area (Å²) in [5.74, 6) is 0.213. The number of amides is 1. The Hall–Kier alpha value is -2.13. The Morgan fingerprint density at radius 3 is 2.68 bits per heavy atom. The Morgan fingerprint density at radius 2 is 2.04 bits per heavy atom. The zero-order valence-corrected chi connectivity index (χ0v) is 16.3. The normalized spacial score (nSPS) is 10.9. The standard InChI is InChI=1S/C16H17BrN4O3S/c1-9-4-10(2)20-16(19-9)25-8-15(23)21-18-7-11-5-14(24-3)13(22)6-12(11)17/h4-7,22H,8H2,1-3H3,(H,21,23)/b18-7-. The van der Waals surface area contributed by atoms with E-state index in [1.165, 1.54) is 31.2 Å². The summed E-state index contributed by atoms with van der Waals surface area (Å²) >= 11 is 4.56. The van der Waals surface area contributed by atoms with Gasteiger partial charge in [0.2, 0.25) is 0 Å². The Morgan fingerprint density at radius 1 is 1.36 bits per heavy atom. The second-order valence-electron chi connectivity index (χ2n) is 5.06. The van der Waals surface area contributed by atoms with Gasteiger partial charge in [0, 0.05) is 21.4 Å². The molecule has 0 saturated heterocycles. The lowest BCUT2D eigenvalue weighted by molar-refractivity contribution is -0.118. The molecule has 0 saturated carbocycles. The monoisotopic (exact) mass is 424 g/mol. The number of phenolic OH excluding ortho intramolecular Hbond substituents is 1. The number of ether oxygens (including phenoxy) is 1. The molecule has 0 bridgehead atoms. The second-order valence-corrected chi connectivity index (χ2v) is 6.86. The van der Waals surface area contributed by atoms with E-state index < -0.39 is 0 Å². The van der Waals surface area contributed by atoms with Gasteiger partial charge in [-0.3, -0.25) is 4.79 Å². The van der Waals surface area contributed by atoms with E-state index in [9.17, 15) is 9.90 Å².